The van der Waals surface area contributed by atoms with E-state index in [-0.39, 0.29) is 11.2 Å². The molecule has 1 aromatic rings. The van der Waals surface area contributed by atoms with Crippen molar-refractivity contribution in [1.29, 1.82) is 0 Å². The highest BCUT2D eigenvalue weighted by molar-refractivity contribution is 5.42. The second kappa shape index (κ2) is 4.09. The fourth-order valence-electron chi connectivity index (χ4n) is 3.78. The minimum atomic E-state index is 0.0175. The molecular weight excluding hydrogens is 213 g/mol. The number of hydrogen-bond donors (Lipinski definition) is 1. The minimum Gasteiger partial charge on any atom is -0.330 e. The molecule has 92 valence electrons. The molecule has 0 radical (unpaired) electrons. The Morgan fingerprint density at radius 3 is 2.76 bits per heavy atom. The van der Waals surface area contributed by atoms with E-state index in [9.17, 15) is 4.39 Å². The molecule has 1 fully saturated rings. The van der Waals surface area contributed by atoms with E-state index in [2.05, 4.69) is 6.07 Å². The Balaban J connectivity index is 2.07. The molecule has 3 rings (SSSR count). The lowest BCUT2D eigenvalue weighted by Gasteiger charge is -2.48. The normalized spacial score (nSPS) is 25.4. The molecule has 0 bridgehead atoms. The molecule has 1 saturated carbocycles. The van der Waals surface area contributed by atoms with Crippen molar-refractivity contribution >= 4 is 0 Å². The maximum absolute atomic E-state index is 14.2. The first-order valence-electron chi connectivity index (χ1n) is 6.76. The van der Waals surface area contributed by atoms with Gasteiger partial charge in [0.15, 0.2) is 0 Å². The zero-order valence-corrected chi connectivity index (χ0v) is 10.2. The number of benzene rings is 1. The molecule has 1 aromatic carbocycles. The zero-order chi connectivity index (χ0) is 11.9. The summed E-state index contributed by atoms with van der Waals surface area (Å²) >= 11 is 0. The van der Waals surface area contributed by atoms with Crippen LogP contribution in [0, 0.1) is 5.82 Å². The number of halogens is 1. The first kappa shape index (κ1) is 11.2. The highest BCUT2D eigenvalue weighted by Crippen LogP contribution is 2.55. The van der Waals surface area contributed by atoms with Gasteiger partial charge in [0.05, 0.1) is 0 Å². The van der Waals surface area contributed by atoms with E-state index < -0.39 is 0 Å². The quantitative estimate of drug-likeness (QED) is 0.831. The standard InChI is InChI=1S/C15H20FN/c16-13-4-1-3-12-11(6-10-17)5-9-15(14(12)13)7-2-8-15/h1,3-4,11H,2,5-10,17H2. The van der Waals surface area contributed by atoms with E-state index in [4.69, 9.17) is 5.73 Å². The first-order chi connectivity index (χ1) is 8.27. The van der Waals surface area contributed by atoms with Crippen LogP contribution in [0.4, 0.5) is 4.39 Å². The lowest BCUT2D eigenvalue weighted by molar-refractivity contribution is 0.190. The molecule has 0 saturated heterocycles. The van der Waals surface area contributed by atoms with Crippen LogP contribution in [-0.2, 0) is 5.41 Å². The lowest BCUT2D eigenvalue weighted by atomic mass is 9.56. The van der Waals surface area contributed by atoms with E-state index in [1.807, 2.05) is 6.07 Å². The zero-order valence-electron chi connectivity index (χ0n) is 10.2. The van der Waals surface area contributed by atoms with Gasteiger partial charge in [-0.25, -0.2) is 4.39 Å². The van der Waals surface area contributed by atoms with Gasteiger partial charge in [-0.15, -0.1) is 0 Å². The summed E-state index contributed by atoms with van der Waals surface area (Å²) in [6, 6.07) is 5.61. The molecule has 1 spiro atoms. The summed E-state index contributed by atoms with van der Waals surface area (Å²) in [6.07, 6.45) is 6.95. The van der Waals surface area contributed by atoms with Crippen LogP contribution in [0.3, 0.4) is 0 Å². The van der Waals surface area contributed by atoms with Crippen LogP contribution in [0.25, 0.3) is 0 Å². The van der Waals surface area contributed by atoms with Crippen molar-refractivity contribution in [3.8, 4) is 0 Å². The van der Waals surface area contributed by atoms with E-state index >= 15 is 0 Å². The van der Waals surface area contributed by atoms with Gasteiger partial charge >= 0.3 is 0 Å². The molecule has 17 heavy (non-hydrogen) atoms. The third-order valence-electron chi connectivity index (χ3n) is 4.81. The van der Waals surface area contributed by atoms with Gasteiger partial charge in [0.1, 0.15) is 5.82 Å². The van der Waals surface area contributed by atoms with Gasteiger partial charge < -0.3 is 5.73 Å². The van der Waals surface area contributed by atoms with Crippen molar-refractivity contribution in [2.45, 2.75) is 49.9 Å². The molecule has 1 nitrogen and oxygen atoms in total. The van der Waals surface area contributed by atoms with Crippen molar-refractivity contribution in [2.75, 3.05) is 6.54 Å². The minimum absolute atomic E-state index is 0.0175. The Labute approximate surface area is 102 Å². The lowest BCUT2D eigenvalue weighted by Crippen LogP contribution is -2.39. The molecule has 2 aliphatic rings. The van der Waals surface area contributed by atoms with Crippen LogP contribution in [0.5, 0.6) is 0 Å². The Kier molecular flexibility index (Phi) is 2.70. The Morgan fingerprint density at radius 2 is 2.12 bits per heavy atom. The largest absolute Gasteiger partial charge is 0.330 e. The number of hydrogen-bond acceptors (Lipinski definition) is 1. The van der Waals surface area contributed by atoms with Crippen molar-refractivity contribution in [3.05, 3.63) is 35.1 Å². The predicted octanol–water partition coefficient (Wildman–Crippen LogP) is 3.47. The summed E-state index contributed by atoms with van der Waals surface area (Å²) in [5.41, 5.74) is 8.15. The van der Waals surface area contributed by atoms with Gasteiger partial charge in [-0.1, -0.05) is 18.6 Å². The summed E-state index contributed by atoms with van der Waals surface area (Å²) < 4.78 is 14.2. The summed E-state index contributed by atoms with van der Waals surface area (Å²) in [4.78, 5) is 0. The van der Waals surface area contributed by atoms with Gasteiger partial charge in [-0.05, 0) is 67.2 Å². The van der Waals surface area contributed by atoms with E-state index in [0.29, 0.717) is 12.5 Å². The van der Waals surface area contributed by atoms with Gasteiger partial charge in [-0.2, -0.15) is 0 Å². The van der Waals surface area contributed by atoms with Crippen LogP contribution in [0.1, 0.15) is 55.6 Å². The summed E-state index contributed by atoms with van der Waals surface area (Å²) in [5, 5.41) is 0. The van der Waals surface area contributed by atoms with Crippen molar-refractivity contribution in [2.24, 2.45) is 5.73 Å². The maximum atomic E-state index is 14.2. The molecule has 1 atom stereocenters. The van der Waals surface area contributed by atoms with Crippen LogP contribution in [-0.4, -0.2) is 6.54 Å². The third kappa shape index (κ3) is 1.61. The summed E-state index contributed by atoms with van der Waals surface area (Å²) in [6.45, 7) is 0.702. The van der Waals surface area contributed by atoms with Crippen LogP contribution >= 0.6 is 0 Å². The summed E-state index contributed by atoms with van der Waals surface area (Å²) in [7, 11) is 0. The number of nitrogens with two attached hydrogens (primary N) is 1. The van der Waals surface area contributed by atoms with Crippen LogP contribution in [0.15, 0.2) is 18.2 Å². The highest BCUT2D eigenvalue weighted by atomic mass is 19.1. The van der Waals surface area contributed by atoms with Crippen molar-refractivity contribution in [1.82, 2.24) is 0 Å². The molecule has 2 N–H and O–H groups in total. The molecule has 2 aliphatic carbocycles. The Morgan fingerprint density at radius 1 is 1.29 bits per heavy atom. The molecular formula is C15H20FN. The maximum Gasteiger partial charge on any atom is 0.127 e. The Bertz CT molecular complexity index is 423. The monoisotopic (exact) mass is 233 g/mol. The van der Waals surface area contributed by atoms with E-state index in [0.717, 1.165) is 18.4 Å². The molecule has 0 aromatic heterocycles. The summed E-state index contributed by atoms with van der Waals surface area (Å²) in [5.74, 6) is 0.501. The molecule has 0 aliphatic heterocycles. The average molecular weight is 233 g/mol. The van der Waals surface area contributed by atoms with Gasteiger partial charge in [0.2, 0.25) is 0 Å². The second-order valence-corrected chi connectivity index (χ2v) is 5.65. The molecule has 1 unspecified atom stereocenters. The van der Waals surface area contributed by atoms with Crippen molar-refractivity contribution < 1.29 is 4.39 Å². The smallest absolute Gasteiger partial charge is 0.127 e. The fraction of sp³-hybridized carbons (Fsp3) is 0.600. The SMILES string of the molecule is NCCC1CCC2(CCC2)c2c(F)cccc21. The Hall–Kier alpha value is -0.890. The van der Waals surface area contributed by atoms with Crippen LogP contribution < -0.4 is 5.73 Å². The third-order valence-corrected chi connectivity index (χ3v) is 4.81. The highest BCUT2D eigenvalue weighted by Gasteiger charge is 2.45. The van der Waals surface area contributed by atoms with Gasteiger partial charge in [-0.3, -0.25) is 0 Å². The molecule has 0 amide bonds. The fourth-order valence-corrected chi connectivity index (χ4v) is 3.78. The van der Waals surface area contributed by atoms with Gasteiger partial charge in [0.25, 0.3) is 0 Å². The van der Waals surface area contributed by atoms with Crippen LogP contribution in [0.2, 0.25) is 0 Å². The first-order valence-corrected chi connectivity index (χ1v) is 6.76. The van der Waals surface area contributed by atoms with Gasteiger partial charge in [0, 0.05) is 0 Å². The van der Waals surface area contributed by atoms with E-state index in [1.165, 1.54) is 31.2 Å². The molecule has 2 heteroatoms. The number of rotatable bonds is 2. The average Bonchev–Trinajstić information content (AvgIpc) is 2.28. The van der Waals surface area contributed by atoms with Crippen molar-refractivity contribution in [3.63, 3.8) is 0 Å². The molecule has 0 heterocycles. The second-order valence-electron chi connectivity index (χ2n) is 5.65. The topological polar surface area (TPSA) is 26.0 Å². The van der Waals surface area contributed by atoms with E-state index in [1.54, 1.807) is 6.07 Å². The number of fused-ring (bicyclic) bond motifs is 2. The predicted molar refractivity (Wildman–Crippen MR) is 67.6 cm³/mol.